The summed E-state index contributed by atoms with van der Waals surface area (Å²) in [6.07, 6.45) is 3.36. The number of rotatable bonds is 1. The smallest absolute Gasteiger partial charge is 0.141 e. The molecule has 0 radical (unpaired) electrons. The summed E-state index contributed by atoms with van der Waals surface area (Å²) in [4.78, 5) is 8.53. The first kappa shape index (κ1) is 12.6. The number of nitrogens with two attached hydrogens (primary N) is 1. The van der Waals surface area contributed by atoms with Crippen LogP contribution >= 0.6 is 0 Å². The lowest BCUT2D eigenvalue weighted by Crippen LogP contribution is -2.01. The van der Waals surface area contributed by atoms with E-state index in [1.165, 1.54) is 33.4 Å². The molecule has 3 nitrogen and oxygen atoms in total. The SMILES string of the molecule is Cc1c(C)c(C)c(-c2cnc(N)cn2)c(C)c1C. The monoisotopic (exact) mass is 241 g/mol. The molecule has 0 fully saturated rings. The number of hydrogen-bond donors (Lipinski definition) is 1. The molecule has 0 unspecified atom stereocenters. The van der Waals surface area contributed by atoms with Crippen LogP contribution in [0.15, 0.2) is 12.4 Å². The van der Waals surface area contributed by atoms with E-state index >= 15 is 0 Å². The molecule has 3 heteroatoms. The summed E-state index contributed by atoms with van der Waals surface area (Å²) in [5, 5.41) is 0. The summed E-state index contributed by atoms with van der Waals surface area (Å²) in [6, 6.07) is 0. The molecule has 0 amide bonds. The molecule has 18 heavy (non-hydrogen) atoms. The lowest BCUT2D eigenvalue weighted by molar-refractivity contribution is 1.15. The summed E-state index contributed by atoms with van der Waals surface area (Å²) in [6.45, 7) is 10.8. The van der Waals surface area contributed by atoms with Gasteiger partial charge in [0.05, 0.1) is 18.1 Å². The molecule has 0 bridgehead atoms. The number of aromatic nitrogens is 2. The van der Waals surface area contributed by atoms with Crippen molar-refractivity contribution in [2.45, 2.75) is 34.6 Å². The molecule has 0 aliphatic rings. The van der Waals surface area contributed by atoms with E-state index in [2.05, 4.69) is 44.6 Å². The van der Waals surface area contributed by atoms with Gasteiger partial charge in [0.25, 0.3) is 0 Å². The minimum absolute atomic E-state index is 0.453. The van der Waals surface area contributed by atoms with Crippen molar-refractivity contribution in [3.8, 4) is 11.3 Å². The molecule has 0 aliphatic heterocycles. The van der Waals surface area contributed by atoms with Gasteiger partial charge in [-0.1, -0.05) is 0 Å². The predicted octanol–water partition coefficient (Wildman–Crippen LogP) is 3.27. The van der Waals surface area contributed by atoms with Gasteiger partial charge in [-0.15, -0.1) is 0 Å². The third kappa shape index (κ3) is 1.86. The van der Waals surface area contributed by atoms with Gasteiger partial charge in [-0.25, -0.2) is 4.98 Å². The number of nitrogens with zero attached hydrogens (tertiary/aromatic N) is 2. The van der Waals surface area contributed by atoms with E-state index in [1.807, 2.05) is 0 Å². The Kier molecular flexibility index (Phi) is 3.07. The van der Waals surface area contributed by atoms with Crippen molar-refractivity contribution >= 4 is 5.82 Å². The lowest BCUT2D eigenvalue weighted by Gasteiger charge is -2.18. The van der Waals surface area contributed by atoms with Crippen molar-refractivity contribution in [2.24, 2.45) is 0 Å². The van der Waals surface area contributed by atoms with E-state index in [9.17, 15) is 0 Å². The van der Waals surface area contributed by atoms with E-state index in [1.54, 1.807) is 12.4 Å². The molecule has 2 N–H and O–H groups in total. The maximum atomic E-state index is 5.59. The van der Waals surface area contributed by atoms with Crippen LogP contribution in [0.4, 0.5) is 5.82 Å². The van der Waals surface area contributed by atoms with Crippen LogP contribution < -0.4 is 5.73 Å². The Morgan fingerprint density at radius 3 is 1.67 bits per heavy atom. The summed E-state index contributed by atoms with van der Waals surface area (Å²) in [7, 11) is 0. The summed E-state index contributed by atoms with van der Waals surface area (Å²) in [5.41, 5.74) is 14.2. The molecular formula is C15H19N3. The highest BCUT2D eigenvalue weighted by atomic mass is 14.9. The lowest BCUT2D eigenvalue weighted by atomic mass is 9.88. The molecule has 0 spiro atoms. The second-order valence-corrected chi connectivity index (χ2v) is 4.83. The fraction of sp³-hybridized carbons (Fsp3) is 0.333. The fourth-order valence-electron chi connectivity index (χ4n) is 2.35. The van der Waals surface area contributed by atoms with Gasteiger partial charge in [0.1, 0.15) is 5.82 Å². The Morgan fingerprint density at radius 1 is 0.722 bits per heavy atom. The average Bonchev–Trinajstić information content (AvgIpc) is 2.36. The van der Waals surface area contributed by atoms with Crippen molar-refractivity contribution in [3.63, 3.8) is 0 Å². The molecule has 1 heterocycles. The molecule has 2 rings (SSSR count). The van der Waals surface area contributed by atoms with Crippen LogP contribution in [0.2, 0.25) is 0 Å². The van der Waals surface area contributed by atoms with Crippen molar-refractivity contribution in [1.82, 2.24) is 9.97 Å². The van der Waals surface area contributed by atoms with Gasteiger partial charge in [0.15, 0.2) is 0 Å². The highest BCUT2D eigenvalue weighted by molar-refractivity contribution is 5.71. The van der Waals surface area contributed by atoms with Crippen molar-refractivity contribution < 1.29 is 0 Å². The van der Waals surface area contributed by atoms with E-state index in [0.29, 0.717) is 5.82 Å². The number of hydrogen-bond acceptors (Lipinski definition) is 3. The summed E-state index contributed by atoms with van der Waals surface area (Å²) >= 11 is 0. The quantitative estimate of drug-likeness (QED) is 0.833. The van der Waals surface area contributed by atoms with Crippen LogP contribution in [-0.2, 0) is 0 Å². The van der Waals surface area contributed by atoms with Crippen molar-refractivity contribution in [3.05, 3.63) is 40.2 Å². The first-order valence-corrected chi connectivity index (χ1v) is 6.08. The zero-order chi connectivity index (χ0) is 13.4. The first-order chi connectivity index (χ1) is 8.43. The van der Waals surface area contributed by atoms with Gasteiger partial charge in [-0.2, -0.15) is 0 Å². The first-order valence-electron chi connectivity index (χ1n) is 6.08. The Labute approximate surface area is 108 Å². The van der Waals surface area contributed by atoms with Gasteiger partial charge in [-0.05, 0) is 62.4 Å². The van der Waals surface area contributed by atoms with Crippen LogP contribution in [0.3, 0.4) is 0 Å². The maximum Gasteiger partial charge on any atom is 0.141 e. The minimum atomic E-state index is 0.453. The highest BCUT2D eigenvalue weighted by Crippen LogP contribution is 2.32. The standard InChI is InChI=1S/C15H19N3/c1-8-9(2)11(4)15(12(5)10(8)3)13-6-18-14(16)7-17-13/h6-7H,1-5H3,(H2,16,18). The van der Waals surface area contributed by atoms with E-state index in [-0.39, 0.29) is 0 Å². The molecule has 0 saturated carbocycles. The number of anilines is 1. The molecule has 1 aromatic carbocycles. The Bertz CT molecular complexity index is 569. The molecule has 1 aromatic heterocycles. The second kappa shape index (κ2) is 4.41. The van der Waals surface area contributed by atoms with Gasteiger partial charge in [0, 0.05) is 5.56 Å². The van der Waals surface area contributed by atoms with Gasteiger partial charge in [0.2, 0.25) is 0 Å². The molecule has 2 aromatic rings. The highest BCUT2D eigenvalue weighted by Gasteiger charge is 2.14. The topological polar surface area (TPSA) is 51.8 Å². The zero-order valence-electron chi connectivity index (χ0n) is 11.6. The van der Waals surface area contributed by atoms with Crippen molar-refractivity contribution in [1.29, 1.82) is 0 Å². The summed E-state index contributed by atoms with van der Waals surface area (Å²) < 4.78 is 0. The fourth-order valence-corrected chi connectivity index (χ4v) is 2.35. The minimum Gasteiger partial charge on any atom is -0.382 e. The van der Waals surface area contributed by atoms with Crippen LogP contribution in [-0.4, -0.2) is 9.97 Å². The molecular weight excluding hydrogens is 222 g/mol. The molecule has 0 aliphatic carbocycles. The molecule has 0 atom stereocenters. The van der Waals surface area contributed by atoms with Crippen LogP contribution in [0.5, 0.6) is 0 Å². The average molecular weight is 241 g/mol. The third-order valence-electron chi connectivity index (χ3n) is 3.93. The predicted molar refractivity (Wildman–Crippen MR) is 75.6 cm³/mol. The van der Waals surface area contributed by atoms with E-state index < -0.39 is 0 Å². The second-order valence-electron chi connectivity index (χ2n) is 4.83. The Balaban J connectivity index is 2.75. The van der Waals surface area contributed by atoms with Crippen molar-refractivity contribution in [2.75, 3.05) is 5.73 Å². The van der Waals surface area contributed by atoms with Crippen LogP contribution in [0.25, 0.3) is 11.3 Å². The molecule has 0 saturated heterocycles. The zero-order valence-corrected chi connectivity index (χ0v) is 11.6. The van der Waals surface area contributed by atoms with Gasteiger partial charge in [-0.3, -0.25) is 4.98 Å². The Hall–Kier alpha value is -1.90. The Morgan fingerprint density at radius 2 is 1.22 bits per heavy atom. The normalized spacial score (nSPS) is 10.7. The number of benzene rings is 1. The van der Waals surface area contributed by atoms with Gasteiger partial charge < -0.3 is 5.73 Å². The number of nitrogen functional groups attached to an aromatic ring is 1. The molecule has 94 valence electrons. The largest absolute Gasteiger partial charge is 0.382 e. The maximum absolute atomic E-state index is 5.59. The third-order valence-corrected chi connectivity index (χ3v) is 3.93. The van der Waals surface area contributed by atoms with Crippen LogP contribution in [0.1, 0.15) is 27.8 Å². The summed E-state index contributed by atoms with van der Waals surface area (Å²) in [5.74, 6) is 0.453. The van der Waals surface area contributed by atoms with E-state index in [0.717, 1.165) is 5.69 Å². The van der Waals surface area contributed by atoms with Gasteiger partial charge >= 0.3 is 0 Å². The van der Waals surface area contributed by atoms with Crippen LogP contribution in [0, 0.1) is 34.6 Å². The van der Waals surface area contributed by atoms with E-state index in [4.69, 9.17) is 5.73 Å².